The van der Waals surface area contributed by atoms with Crippen LogP contribution in [0.4, 0.5) is 0 Å². The quantitative estimate of drug-likeness (QED) is 0.894. The fraction of sp³-hybridized carbons (Fsp3) is 0.733. The molecule has 110 valence electrons. The molecule has 1 aliphatic carbocycles. The van der Waals surface area contributed by atoms with Gasteiger partial charge in [-0.2, -0.15) is 5.10 Å². The Morgan fingerprint density at radius 2 is 2.05 bits per heavy atom. The number of aromatic nitrogens is 2. The molecule has 5 heteroatoms. The van der Waals surface area contributed by atoms with Crippen molar-refractivity contribution in [3.63, 3.8) is 0 Å². The summed E-state index contributed by atoms with van der Waals surface area (Å²) in [4.78, 5) is 13.2. The molecule has 20 heavy (non-hydrogen) atoms. The van der Waals surface area contributed by atoms with E-state index < -0.39 is 5.97 Å². The molecule has 5 nitrogen and oxygen atoms in total. The molecule has 0 atom stereocenters. The number of carboxylic acids is 1. The molecule has 0 bridgehead atoms. The van der Waals surface area contributed by atoms with Crippen molar-refractivity contribution in [1.29, 1.82) is 0 Å². The van der Waals surface area contributed by atoms with Gasteiger partial charge in [0.1, 0.15) is 0 Å². The number of hydrogen-bond acceptors (Lipinski definition) is 3. The van der Waals surface area contributed by atoms with Crippen molar-refractivity contribution in [1.82, 2.24) is 14.7 Å². The predicted octanol–water partition coefficient (Wildman–Crippen LogP) is 1.98. The highest BCUT2D eigenvalue weighted by molar-refractivity contribution is 5.67. The van der Waals surface area contributed by atoms with Gasteiger partial charge in [0.15, 0.2) is 0 Å². The van der Waals surface area contributed by atoms with Gasteiger partial charge in [-0.1, -0.05) is 0 Å². The smallest absolute Gasteiger partial charge is 0.303 e. The molecular weight excluding hydrogens is 254 g/mol. The Labute approximate surface area is 119 Å². The Kier molecular flexibility index (Phi) is 3.78. The number of carboxylic acid groups (broad SMARTS) is 1. The van der Waals surface area contributed by atoms with E-state index in [2.05, 4.69) is 16.1 Å². The standard InChI is InChI=1S/C15H23N3O2/c1-17-13(9-14(16-17)12-2-3-12)10-18-6-4-11(5-7-18)8-15(19)20/h9,11-12H,2-8,10H2,1H3,(H,19,20). The van der Waals surface area contributed by atoms with Crippen molar-refractivity contribution in [2.75, 3.05) is 13.1 Å². The topological polar surface area (TPSA) is 58.4 Å². The van der Waals surface area contributed by atoms with Crippen LogP contribution in [-0.4, -0.2) is 38.8 Å². The third-order valence-corrected chi connectivity index (χ3v) is 4.55. The van der Waals surface area contributed by atoms with Crippen LogP contribution < -0.4 is 0 Å². The molecule has 1 aromatic heterocycles. The largest absolute Gasteiger partial charge is 0.481 e. The molecule has 1 N–H and O–H groups in total. The van der Waals surface area contributed by atoms with Crippen molar-refractivity contribution in [3.05, 3.63) is 17.5 Å². The zero-order chi connectivity index (χ0) is 14.1. The van der Waals surface area contributed by atoms with Gasteiger partial charge in [-0.3, -0.25) is 14.4 Å². The van der Waals surface area contributed by atoms with Crippen LogP contribution in [0.25, 0.3) is 0 Å². The van der Waals surface area contributed by atoms with Crippen molar-refractivity contribution in [3.8, 4) is 0 Å². The molecule has 0 spiro atoms. The number of rotatable bonds is 5. The summed E-state index contributed by atoms with van der Waals surface area (Å²) in [5, 5.41) is 13.4. The SMILES string of the molecule is Cn1nc(C2CC2)cc1CN1CCC(CC(=O)O)CC1. The van der Waals surface area contributed by atoms with E-state index in [0.717, 1.165) is 32.5 Å². The molecule has 1 aliphatic heterocycles. The molecule has 3 rings (SSSR count). The molecular formula is C15H23N3O2. The van der Waals surface area contributed by atoms with Crippen molar-refractivity contribution in [2.24, 2.45) is 13.0 Å². The third kappa shape index (κ3) is 3.20. The maximum atomic E-state index is 10.7. The number of aliphatic carboxylic acids is 1. The zero-order valence-corrected chi connectivity index (χ0v) is 12.1. The van der Waals surface area contributed by atoms with E-state index in [1.807, 2.05) is 11.7 Å². The first-order chi connectivity index (χ1) is 9.61. The Morgan fingerprint density at radius 1 is 1.35 bits per heavy atom. The average Bonchev–Trinajstić information content (AvgIpc) is 3.18. The first kappa shape index (κ1) is 13.6. The number of carbonyl (C=O) groups is 1. The van der Waals surface area contributed by atoms with Crippen molar-refractivity contribution >= 4 is 5.97 Å². The molecule has 0 aromatic carbocycles. The highest BCUT2D eigenvalue weighted by Crippen LogP contribution is 2.39. The van der Waals surface area contributed by atoms with Crippen LogP contribution in [0.15, 0.2) is 6.07 Å². The highest BCUT2D eigenvalue weighted by Gasteiger charge is 2.27. The summed E-state index contributed by atoms with van der Waals surface area (Å²) in [5.74, 6) is 0.401. The molecule has 0 unspecified atom stereocenters. The van der Waals surface area contributed by atoms with Gasteiger partial charge in [0.25, 0.3) is 0 Å². The van der Waals surface area contributed by atoms with Crippen LogP contribution in [0.3, 0.4) is 0 Å². The molecule has 1 saturated carbocycles. The normalized spacial score (nSPS) is 21.2. The highest BCUT2D eigenvalue weighted by atomic mass is 16.4. The van der Waals surface area contributed by atoms with Gasteiger partial charge in [0, 0.05) is 25.9 Å². The van der Waals surface area contributed by atoms with Crippen LogP contribution in [0.1, 0.15) is 49.4 Å². The minimum atomic E-state index is -0.663. The third-order valence-electron chi connectivity index (χ3n) is 4.55. The van der Waals surface area contributed by atoms with Crippen LogP contribution in [-0.2, 0) is 18.4 Å². The Bertz CT molecular complexity index is 485. The second-order valence-electron chi connectivity index (χ2n) is 6.28. The maximum absolute atomic E-state index is 10.7. The molecule has 0 amide bonds. The lowest BCUT2D eigenvalue weighted by atomic mass is 9.93. The summed E-state index contributed by atoms with van der Waals surface area (Å²) in [6, 6.07) is 2.25. The lowest BCUT2D eigenvalue weighted by Gasteiger charge is -2.31. The first-order valence-corrected chi connectivity index (χ1v) is 7.59. The van der Waals surface area contributed by atoms with Gasteiger partial charge >= 0.3 is 5.97 Å². The molecule has 1 aromatic rings. The number of piperidine rings is 1. The average molecular weight is 277 g/mol. The predicted molar refractivity (Wildman–Crippen MR) is 75.4 cm³/mol. The van der Waals surface area contributed by atoms with Gasteiger partial charge in [-0.25, -0.2) is 0 Å². The van der Waals surface area contributed by atoms with Gasteiger partial charge in [-0.15, -0.1) is 0 Å². The molecule has 2 heterocycles. The summed E-state index contributed by atoms with van der Waals surface area (Å²) in [5.41, 5.74) is 2.53. The van der Waals surface area contributed by atoms with Crippen molar-refractivity contribution in [2.45, 2.75) is 44.6 Å². The Hall–Kier alpha value is -1.36. The Balaban J connectivity index is 1.53. The first-order valence-electron chi connectivity index (χ1n) is 7.59. The van der Waals surface area contributed by atoms with E-state index in [-0.39, 0.29) is 0 Å². The van der Waals surface area contributed by atoms with Crippen LogP contribution in [0.2, 0.25) is 0 Å². The monoisotopic (exact) mass is 277 g/mol. The minimum Gasteiger partial charge on any atom is -0.481 e. The minimum absolute atomic E-state index is 0.325. The van der Waals surface area contributed by atoms with Gasteiger partial charge < -0.3 is 5.11 Å². The summed E-state index contributed by atoms with van der Waals surface area (Å²) >= 11 is 0. The summed E-state index contributed by atoms with van der Waals surface area (Å²) < 4.78 is 2.01. The maximum Gasteiger partial charge on any atom is 0.303 e. The summed E-state index contributed by atoms with van der Waals surface area (Å²) in [7, 11) is 2.03. The number of nitrogens with zero attached hydrogens (tertiary/aromatic N) is 3. The van der Waals surface area contributed by atoms with Crippen molar-refractivity contribution < 1.29 is 9.90 Å². The van der Waals surface area contributed by atoms with Gasteiger partial charge in [-0.05, 0) is 50.8 Å². The van der Waals surface area contributed by atoms with Crippen LogP contribution >= 0.6 is 0 Å². The van der Waals surface area contributed by atoms with Crippen LogP contribution in [0, 0.1) is 5.92 Å². The number of aryl methyl sites for hydroxylation is 1. The second kappa shape index (κ2) is 5.56. The van der Waals surface area contributed by atoms with E-state index in [1.165, 1.54) is 24.2 Å². The lowest BCUT2D eigenvalue weighted by molar-refractivity contribution is -0.138. The van der Waals surface area contributed by atoms with E-state index in [1.54, 1.807) is 0 Å². The zero-order valence-electron chi connectivity index (χ0n) is 12.1. The molecule has 2 fully saturated rings. The molecule has 2 aliphatic rings. The van der Waals surface area contributed by atoms with Crippen LogP contribution in [0.5, 0.6) is 0 Å². The number of hydrogen-bond donors (Lipinski definition) is 1. The Morgan fingerprint density at radius 3 is 2.65 bits per heavy atom. The summed E-state index contributed by atoms with van der Waals surface area (Å²) in [6.45, 7) is 2.94. The lowest BCUT2D eigenvalue weighted by Crippen LogP contribution is -2.34. The number of likely N-dealkylation sites (tertiary alicyclic amines) is 1. The van der Waals surface area contributed by atoms with Gasteiger partial charge in [0.05, 0.1) is 11.4 Å². The van der Waals surface area contributed by atoms with E-state index >= 15 is 0 Å². The molecule has 0 radical (unpaired) electrons. The second-order valence-corrected chi connectivity index (χ2v) is 6.28. The fourth-order valence-corrected chi connectivity index (χ4v) is 3.08. The van der Waals surface area contributed by atoms with E-state index in [0.29, 0.717) is 18.3 Å². The van der Waals surface area contributed by atoms with E-state index in [9.17, 15) is 4.79 Å². The van der Waals surface area contributed by atoms with E-state index in [4.69, 9.17) is 5.11 Å². The van der Waals surface area contributed by atoms with Gasteiger partial charge in [0.2, 0.25) is 0 Å². The molecule has 1 saturated heterocycles. The fourth-order valence-electron chi connectivity index (χ4n) is 3.08. The summed E-state index contributed by atoms with van der Waals surface area (Å²) in [6.07, 6.45) is 4.90.